The molecule has 0 bridgehead atoms. The number of nitrogens with zero attached hydrogens (tertiary/aromatic N) is 1. The van der Waals surface area contributed by atoms with Gasteiger partial charge in [0.2, 0.25) is 0 Å². The Kier molecular flexibility index (Phi) is 4.41. The van der Waals surface area contributed by atoms with Gasteiger partial charge in [0.05, 0.1) is 5.69 Å². The minimum Gasteiger partial charge on any atom is -0.489 e. The zero-order chi connectivity index (χ0) is 14.5. The summed E-state index contributed by atoms with van der Waals surface area (Å²) >= 11 is 0. The summed E-state index contributed by atoms with van der Waals surface area (Å²) in [5.74, 6) is 1.02. The van der Waals surface area contributed by atoms with Crippen molar-refractivity contribution in [2.24, 2.45) is 0 Å². The average molecular weight is 282 g/mol. The fourth-order valence-corrected chi connectivity index (χ4v) is 2.72. The third-order valence-electron chi connectivity index (χ3n) is 3.85. The molecule has 1 aliphatic heterocycles. The lowest BCUT2D eigenvalue weighted by molar-refractivity contribution is 0.260. The number of nitrogens with one attached hydrogen (secondary N) is 1. The summed E-state index contributed by atoms with van der Waals surface area (Å²) < 4.78 is 5.86. The first-order chi connectivity index (χ1) is 10.4. The van der Waals surface area contributed by atoms with Gasteiger partial charge in [-0.05, 0) is 18.2 Å². The van der Waals surface area contributed by atoms with Crippen LogP contribution in [0.5, 0.6) is 5.75 Å². The van der Waals surface area contributed by atoms with Crippen molar-refractivity contribution in [3.05, 3.63) is 59.7 Å². The van der Waals surface area contributed by atoms with Gasteiger partial charge in [-0.3, -0.25) is 4.90 Å². The molecular formula is C18H22N2O. The van der Waals surface area contributed by atoms with E-state index < -0.39 is 0 Å². The molecule has 0 spiro atoms. The van der Waals surface area contributed by atoms with Crippen LogP contribution < -0.4 is 10.1 Å². The maximum atomic E-state index is 5.86. The minimum atomic E-state index is 0.745. The highest BCUT2D eigenvalue weighted by Crippen LogP contribution is 2.32. The molecule has 0 aliphatic carbocycles. The van der Waals surface area contributed by atoms with Crippen molar-refractivity contribution in [3.8, 4) is 5.75 Å². The largest absolute Gasteiger partial charge is 0.489 e. The third-order valence-corrected chi connectivity index (χ3v) is 3.85. The molecule has 110 valence electrons. The van der Waals surface area contributed by atoms with Gasteiger partial charge in [-0.15, -0.1) is 0 Å². The van der Waals surface area contributed by atoms with Crippen molar-refractivity contribution in [2.75, 3.05) is 25.0 Å². The summed E-state index contributed by atoms with van der Waals surface area (Å²) in [5.41, 5.74) is 3.73. The molecule has 1 N–H and O–H groups in total. The molecule has 21 heavy (non-hydrogen) atoms. The predicted octanol–water partition coefficient (Wildman–Crippen LogP) is 3.51. The SMILES string of the molecule is CCN(Cc1ccccc1)Cc1cccc2c1OCCN2. The van der Waals surface area contributed by atoms with Crippen LogP contribution in [0.4, 0.5) is 5.69 Å². The molecule has 0 atom stereocenters. The highest BCUT2D eigenvalue weighted by atomic mass is 16.5. The normalized spacial score (nSPS) is 13.4. The van der Waals surface area contributed by atoms with Crippen molar-refractivity contribution in [3.63, 3.8) is 0 Å². The molecule has 0 saturated carbocycles. The van der Waals surface area contributed by atoms with Crippen molar-refractivity contribution in [1.82, 2.24) is 4.90 Å². The molecule has 0 amide bonds. The average Bonchev–Trinajstić information content (AvgIpc) is 2.55. The van der Waals surface area contributed by atoms with Gasteiger partial charge in [-0.2, -0.15) is 0 Å². The van der Waals surface area contributed by atoms with Crippen LogP contribution in [0.25, 0.3) is 0 Å². The number of ether oxygens (including phenoxy) is 1. The van der Waals surface area contributed by atoms with Gasteiger partial charge in [0.1, 0.15) is 12.4 Å². The Bertz CT molecular complexity index is 583. The number of fused-ring (bicyclic) bond motifs is 1. The molecule has 0 saturated heterocycles. The van der Waals surface area contributed by atoms with Crippen LogP contribution in [0, 0.1) is 0 Å². The Morgan fingerprint density at radius 3 is 2.71 bits per heavy atom. The van der Waals surface area contributed by atoms with E-state index in [1.807, 2.05) is 0 Å². The second-order valence-electron chi connectivity index (χ2n) is 5.36. The minimum absolute atomic E-state index is 0.745. The predicted molar refractivity (Wildman–Crippen MR) is 86.7 cm³/mol. The van der Waals surface area contributed by atoms with Gasteiger partial charge in [-0.25, -0.2) is 0 Å². The first kappa shape index (κ1) is 14.0. The Morgan fingerprint density at radius 2 is 1.90 bits per heavy atom. The molecule has 3 heteroatoms. The van der Waals surface area contributed by atoms with Crippen LogP contribution in [-0.4, -0.2) is 24.6 Å². The maximum absolute atomic E-state index is 5.86. The van der Waals surface area contributed by atoms with Gasteiger partial charge in [-0.1, -0.05) is 49.4 Å². The summed E-state index contributed by atoms with van der Waals surface area (Å²) in [7, 11) is 0. The second-order valence-corrected chi connectivity index (χ2v) is 5.36. The lowest BCUT2D eigenvalue weighted by Crippen LogP contribution is -2.24. The van der Waals surface area contributed by atoms with E-state index in [1.165, 1.54) is 11.1 Å². The van der Waals surface area contributed by atoms with Gasteiger partial charge in [0.25, 0.3) is 0 Å². The zero-order valence-corrected chi connectivity index (χ0v) is 12.5. The lowest BCUT2D eigenvalue weighted by atomic mass is 10.1. The maximum Gasteiger partial charge on any atom is 0.146 e. The Labute approximate surface area is 126 Å². The van der Waals surface area contributed by atoms with E-state index in [0.29, 0.717) is 0 Å². The van der Waals surface area contributed by atoms with E-state index >= 15 is 0 Å². The van der Waals surface area contributed by atoms with Crippen molar-refractivity contribution in [1.29, 1.82) is 0 Å². The van der Waals surface area contributed by atoms with Crippen LogP contribution in [0.3, 0.4) is 0 Å². The first-order valence-corrected chi connectivity index (χ1v) is 7.61. The van der Waals surface area contributed by atoms with Crippen LogP contribution in [0.1, 0.15) is 18.1 Å². The molecular weight excluding hydrogens is 260 g/mol. The molecule has 1 aliphatic rings. The number of hydrogen-bond acceptors (Lipinski definition) is 3. The van der Waals surface area contributed by atoms with Crippen LogP contribution in [-0.2, 0) is 13.1 Å². The van der Waals surface area contributed by atoms with Crippen molar-refractivity contribution in [2.45, 2.75) is 20.0 Å². The molecule has 1 heterocycles. The lowest BCUT2D eigenvalue weighted by Gasteiger charge is -2.25. The number of para-hydroxylation sites is 1. The molecule has 0 fully saturated rings. The van der Waals surface area contributed by atoms with E-state index in [-0.39, 0.29) is 0 Å². The highest BCUT2D eigenvalue weighted by Gasteiger charge is 2.15. The number of benzene rings is 2. The summed E-state index contributed by atoms with van der Waals surface area (Å²) in [6, 6.07) is 17.0. The van der Waals surface area contributed by atoms with Crippen molar-refractivity contribution < 1.29 is 4.74 Å². The van der Waals surface area contributed by atoms with E-state index in [4.69, 9.17) is 4.74 Å². The fourth-order valence-electron chi connectivity index (χ4n) is 2.72. The third kappa shape index (κ3) is 3.37. The van der Waals surface area contributed by atoms with E-state index in [1.54, 1.807) is 0 Å². The van der Waals surface area contributed by atoms with Crippen LogP contribution in [0.2, 0.25) is 0 Å². The summed E-state index contributed by atoms with van der Waals surface area (Å²) in [5, 5.41) is 3.40. The molecule has 0 unspecified atom stereocenters. The van der Waals surface area contributed by atoms with E-state index in [9.17, 15) is 0 Å². The van der Waals surface area contributed by atoms with E-state index in [2.05, 4.69) is 65.7 Å². The number of hydrogen-bond donors (Lipinski definition) is 1. The first-order valence-electron chi connectivity index (χ1n) is 7.61. The standard InChI is InChI=1S/C18H22N2O/c1-2-20(13-15-7-4-3-5-8-15)14-16-9-6-10-17-18(16)21-12-11-19-17/h3-10,19H,2,11-14H2,1H3. The van der Waals surface area contributed by atoms with Crippen LogP contribution >= 0.6 is 0 Å². The Balaban J connectivity index is 1.75. The van der Waals surface area contributed by atoms with Gasteiger partial charge in [0.15, 0.2) is 0 Å². The summed E-state index contributed by atoms with van der Waals surface area (Å²) in [6.07, 6.45) is 0. The smallest absolute Gasteiger partial charge is 0.146 e. The van der Waals surface area contributed by atoms with E-state index in [0.717, 1.165) is 44.2 Å². The Morgan fingerprint density at radius 1 is 1.05 bits per heavy atom. The van der Waals surface area contributed by atoms with Gasteiger partial charge in [0, 0.05) is 25.2 Å². The topological polar surface area (TPSA) is 24.5 Å². The zero-order valence-electron chi connectivity index (χ0n) is 12.5. The quantitative estimate of drug-likeness (QED) is 0.908. The summed E-state index contributed by atoms with van der Waals surface area (Å²) in [4.78, 5) is 2.43. The highest BCUT2D eigenvalue weighted by molar-refractivity contribution is 5.61. The van der Waals surface area contributed by atoms with Gasteiger partial charge >= 0.3 is 0 Å². The molecule has 3 nitrogen and oxygen atoms in total. The monoisotopic (exact) mass is 282 g/mol. The van der Waals surface area contributed by atoms with Crippen LogP contribution in [0.15, 0.2) is 48.5 Å². The molecule has 0 aromatic heterocycles. The Hall–Kier alpha value is -2.00. The van der Waals surface area contributed by atoms with Crippen molar-refractivity contribution >= 4 is 5.69 Å². The fraction of sp³-hybridized carbons (Fsp3) is 0.333. The summed E-state index contributed by atoms with van der Waals surface area (Å²) in [6.45, 7) is 6.74. The molecule has 2 aromatic rings. The second kappa shape index (κ2) is 6.64. The molecule has 2 aromatic carbocycles. The van der Waals surface area contributed by atoms with Gasteiger partial charge < -0.3 is 10.1 Å². The molecule has 3 rings (SSSR count). The number of rotatable bonds is 5. The molecule has 0 radical (unpaired) electrons. The number of anilines is 1.